The molecule has 0 bridgehead atoms. The molecule has 6 heteroatoms. The lowest BCUT2D eigenvalue weighted by Gasteiger charge is -2.18. The molecule has 0 atom stereocenters. The van der Waals surface area contributed by atoms with Gasteiger partial charge in [0.15, 0.2) is 11.4 Å². The Morgan fingerprint density at radius 2 is 0.827 bits per heavy atom. The highest BCUT2D eigenvalue weighted by molar-refractivity contribution is 7.12. The van der Waals surface area contributed by atoms with Crippen LogP contribution in [-0.4, -0.2) is 77.0 Å². The molecule has 0 saturated carbocycles. The van der Waals surface area contributed by atoms with Crippen LogP contribution in [-0.2, 0) is 0 Å². The molecule has 262 valence electrons. The third-order valence-electron chi connectivity index (χ3n) is 9.22. The van der Waals surface area contributed by atoms with E-state index in [2.05, 4.69) is 220 Å². The van der Waals surface area contributed by atoms with Crippen molar-refractivity contribution in [2.24, 2.45) is 0 Å². The molecule has 4 nitrogen and oxygen atoms in total. The van der Waals surface area contributed by atoms with Gasteiger partial charge in [-0.1, -0.05) is 36.4 Å². The second-order valence-corrected chi connectivity index (χ2v) is 15.6. The third-order valence-corrected chi connectivity index (χ3v) is 11.0. The van der Waals surface area contributed by atoms with E-state index in [1.54, 1.807) is 22.7 Å². The van der Waals surface area contributed by atoms with Crippen LogP contribution in [0.4, 0.5) is 11.4 Å². The van der Waals surface area contributed by atoms with Gasteiger partial charge in [-0.15, -0.1) is 22.7 Å². The van der Waals surface area contributed by atoms with Gasteiger partial charge >= 0.3 is 0 Å². The van der Waals surface area contributed by atoms with Crippen LogP contribution in [0.15, 0.2) is 155 Å². The molecule has 0 unspecified atom stereocenters. The van der Waals surface area contributed by atoms with Gasteiger partial charge in [0.2, 0.25) is 0 Å². The van der Waals surface area contributed by atoms with Crippen molar-refractivity contribution < 1.29 is 9.15 Å². The molecule has 52 heavy (non-hydrogen) atoms. The van der Waals surface area contributed by atoms with Crippen molar-refractivity contribution in [1.29, 1.82) is 0 Å². The summed E-state index contributed by atoms with van der Waals surface area (Å²) in [5, 5.41) is 4.36. The molecular formula is C46H48N4S2+2. The molecule has 0 spiro atoms. The minimum absolute atomic E-state index is 1.17. The van der Waals surface area contributed by atoms with Gasteiger partial charge in [-0.3, -0.25) is 0 Å². The molecule has 2 aromatic carbocycles. The Labute approximate surface area is 318 Å². The maximum Gasteiger partial charge on any atom is 0.199 e. The van der Waals surface area contributed by atoms with E-state index in [4.69, 9.17) is 0 Å². The predicted octanol–water partition coefficient (Wildman–Crippen LogP) is 9.99. The molecule has 0 aliphatic heterocycles. The second kappa shape index (κ2) is 16.4. The fourth-order valence-corrected chi connectivity index (χ4v) is 7.65. The van der Waals surface area contributed by atoms with Crippen molar-refractivity contribution in [2.75, 3.05) is 66.2 Å². The lowest BCUT2D eigenvalue weighted by molar-refractivity contribution is -0.462. The van der Waals surface area contributed by atoms with E-state index in [9.17, 15) is 0 Å². The van der Waals surface area contributed by atoms with Crippen LogP contribution >= 0.6 is 22.7 Å². The quantitative estimate of drug-likeness (QED) is 0.126. The predicted molar refractivity (Wildman–Crippen MR) is 231 cm³/mol. The fraction of sp³-hybridized carbons (Fsp3) is 0.174. The van der Waals surface area contributed by atoms with Crippen molar-refractivity contribution in [1.82, 2.24) is 0 Å². The standard InChI is InChI=1S/C46H48N4S2/c1-47(2)37-21-13-33(14-22-37)41(34-15-23-38(24-16-34)48(3)4)31-43(45-11-9-29-51-45)44(46-12-10-30-52-46)32-42(35-17-25-39(26-18-35)49(5)6)36-19-27-40(28-20-36)50(7)8/h9-32H,1-8H3/q+2/b43-31-,44-32-. The van der Waals surface area contributed by atoms with E-state index < -0.39 is 0 Å². The van der Waals surface area contributed by atoms with Crippen LogP contribution in [0.2, 0.25) is 0 Å². The van der Waals surface area contributed by atoms with Gasteiger partial charge in [0.05, 0.1) is 0 Å². The van der Waals surface area contributed by atoms with E-state index in [1.807, 2.05) is 0 Å². The molecule has 2 aliphatic carbocycles. The number of anilines is 2. The van der Waals surface area contributed by atoms with Crippen molar-refractivity contribution in [3.8, 4) is 0 Å². The lowest BCUT2D eigenvalue weighted by atomic mass is 9.89. The van der Waals surface area contributed by atoms with Crippen LogP contribution < -0.4 is 9.80 Å². The number of hydrogen-bond donors (Lipinski definition) is 0. The van der Waals surface area contributed by atoms with Crippen molar-refractivity contribution in [3.05, 3.63) is 176 Å². The SMILES string of the molecule is CN(C)c1ccc(C(/C=C(/C(=C/C(=C2C=CC(=[N+](C)C)C=C2)c2ccc(N(C)C)cc2)c2cccs2)c2cccs2)=C2C=CC(=[N+](C)C)C=C2)cc1. The smallest absolute Gasteiger partial charge is 0.199 e. The Morgan fingerprint density at radius 1 is 0.481 bits per heavy atom. The first-order chi connectivity index (χ1) is 25.1. The number of rotatable bonds is 9. The third kappa shape index (κ3) is 8.42. The summed E-state index contributed by atoms with van der Waals surface area (Å²) in [6.45, 7) is 0. The van der Waals surface area contributed by atoms with E-state index in [0.717, 1.165) is 0 Å². The minimum atomic E-state index is 1.17. The summed E-state index contributed by atoms with van der Waals surface area (Å²) < 4.78 is 4.29. The molecular weight excluding hydrogens is 673 g/mol. The fourth-order valence-electron chi connectivity index (χ4n) is 6.14. The zero-order chi connectivity index (χ0) is 36.8. The molecule has 0 radical (unpaired) electrons. The first kappa shape index (κ1) is 36.5. The molecule has 0 amide bonds. The highest BCUT2D eigenvalue weighted by Crippen LogP contribution is 2.42. The first-order valence-corrected chi connectivity index (χ1v) is 19.2. The highest BCUT2D eigenvalue weighted by Gasteiger charge is 2.19. The summed E-state index contributed by atoms with van der Waals surface area (Å²) in [5.41, 5.74) is 14.1. The Balaban J connectivity index is 1.64. The highest BCUT2D eigenvalue weighted by atomic mass is 32.1. The Bertz CT molecular complexity index is 2020. The average molecular weight is 721 g/mol. The summed E-state index contributed by atoms with van der Waals surface area (Å²) >= 11 is 3.56. The maximum absolute atomic E-state index is 2.41. The maximum atomic E-state index is 2.41. The van der Waals surface area contributed by atoms with Crippen LogP contribution in [0.5, 0.6) is 0 Å². The van der Waals surface area contributed by atoms with Gasteiger partial charge in [0.1, 0.15) is 28.2 Å². The van der Waals surface area contributed by atoms with Crippen LogP contribution in [0, 0.1) is 0 Å². The summed E-state index contributed by atoms with van der Waals surface area (Å²) in [5.74, 6) is 0. The topological polar surface area (TPSA) is 12.5 Å². The molecule has 2 aromatic heterocycles. The van der Waals surface area contributed by atoms with Gasteiger partial charge in [-0.05, 0) is 117 Å². The molecule has 6 rings (SSSR count). The van der Waals surface area contributed by atoms with E-state index in [-0.39, 0.29) is 0 Å². The Hall–Kier alpha value is -5.30. The van der Waals surface area contributed by atoms with Crippen molar-refractivity contribution >= 4 is 67.8 Å². The van der Waals surface area contributed by atoms with Crippen LogP contribution in [0.1, 0.15) is 20.9 Å². The number of thiophene rings is 2. The van der Waals surface area contributed by atoms with Crippen LogP contribution in [0.3, 0.4) is 0 Å². The van der Waals surface area contributed by atoms with Gasteiger partial charge in [-0.25, -0.2) is 9.15 Å². The number of benzene rings is 2. The molecule has 2 aliphatic rings. The largest absolute Gasteiger partial charge is 0.378 e. The van der Waals surface area contributed by atoms with E-state index in [1.165, 1.54) is 77.1 Å². The molecule has 2 heterocycles. The van der Waals surface area contributed by atoms with Gasteiger partial charge in [0.25, 0.3) is 0 Å². The minimum Gasteiger partial charge on any atom is -0.378 e. The summed E-state index contributed by atoms with van der Waals surface area (Å²) in [4.78, 5) is 6.73. The number of allylic oxidation sites excluding steroid dienone is 16. The van der Waals surface area contributed by atoms with E-state index >= 15 is 0 Å². The van der Waals surface area contributed by atoms with Gasteiger partial charge < -0.3 is 9.80 Å². The van der Waals surface area contributed by atoms with Crippen molar-refractivity contribution in [2.45, 2.75) is 0 Å². The normalized spacial score (nSPS) is 14.3. The molecule has 0 saturated heterocycles. The number of nitrogens with zero attached hydrogens (tertiary/aromatic N) is 4. The lowest BCUT2D eigenvalue weighted by Crippen LogP contribution is -2.10. The summed E-state index contributed by atoms with van der Waals surface area (Å²) in [6.07, 6.45) is 22.6. The van der Waals surface area contributed by atoms with Crippen LogP contribution in [0.25, 0.3) is 22.3 Å². The zero-order valence-electron chi connectivity index (χ0n) is 31.5. The van der Waals surface area contributed by atoms with Gasteiger partial charge in [0, 0.05) is 84.8 Å². The monoisotopic (exact) mass is 720 g/mol. The van der Waals surface area contributed by atoms with Gasteiger partial charge in [-0.2, -0.15) is 0 Å². The molecule has 4 aromatic rings. The molecule has 0 N–H and O–H groups in total. The summed E-state index contributed by atoms with van der Waals surface area (Å²) in [7, 11) is 16.7. The summed E-state index contributed by atoms with van der Waals surface area (Å²) in [6, 6.07) is 26.6. The average Bonchev–Trinajstić information content (AvgIpc) is 3.89. The zero-order valence-corrected chi connectivity index (χ0v) is 33.1. The van der Waals surface area contributed by atoms with E-state index in [0.29, 0.717) is 0 Å². The van der Waals surface area contributed by atoms with Crippen molar-refractivity contribution in [3.63, 3.8) is 0 Å². The Kier molecular flexibility index (Phi) is 11.5. The number of hydrogen-bond acceptors (Lipinski definition) is 4. The second-order valence-electron chi connectivity index (χ2n) is 13.7. The molecule has 0 fully saturated rings. The Morgan fingerprint density at radius 3 is 1.10 bits per heavy atom. The first-order valence-electron chi connectivity index (χ1n) is 17.5.